The summed E-state index contributed by atoms with van der Waals surface area (Å²) in [6.07, 6.45) is 1.99. The van der Waals surface area contributed by atoms with Gasteiger partial charge in [0.15, 0.2) is 0 Å². The molecule has 0 aliphatic heterocycles. The smallest absolute Gasteiger partial charge is 0.0933 e. The number of methoxy groups -OCH3 is 2. The van der Waals surface area contributed by atoms with Crippen molar-refractivity contribution in [3.05, 3.63) is 15.6 Å². The average molecular weight is 286 g/mol. The molecular weight excluding hydrogens is 260 g/mol. The van der Waals surface area contributed by atoms with Gasteiger partial charge in [-0.3, -0.25) is 0 Å². The molecule has 0 aliphatic rings. The summed E-state index contributed by atoms with van der Waals surface area (Å²) in [7, 11) is 3.45. The second kappa shape index (κ2) is 7.94. The van der Waals surface area contributed by atoms with Crippen LogP contribution in [0.15, 0.2) is 0 Å². The first-order valence-electron chi connectivity index (χ1n) is 6.66. The molecule has 0 unspecified atom stereocenters. The SMILES string of the molecule is COCCCc1nc(COC)c(CNC(C)(C)C)s1. The van der Waals surface area contributed by atoms with E-state index in [0.717, 1.165) is 31.7 Å². The lowest BCUT2D eigenvalue weighted by Crippen LogP contribution is -2.35. The standard InChI is InChI=1S/C14H26N2O2S/c1-14(2,3)15-9-12-11(10-18-5)16-13(19-12)7-6-8-17-4/h15H,6-10H2,1-5H3. The number of thiazole rings is 1. The first-order chi connectivity index (χ1) is 8.96. The van der Waals surface area contributed by atoms with Crippen LogP contribution in [-0.2, 0) is 29.0 Å². The van der Waals surface area contributed by atoms with Crippen LogP contribution in [0.1, 0.15) is 42.8 Å². The number of ether oxygens (including phenoxy) is 2. The van der Waals surface area contributed by atoms with Gasteiger partial charge in [0, 0.05) is 44.2 Å². The summed E-state index contributed by atoms with van der Waals surface area (Å²) in [6, 6.07) is 0. The monoisotopic (exact) mass is 286 g/mol. The average Bonchev–Trinajstić information content (AvgIpc) is 2.69. The van der Waals surface area contributed by atoms with Crippen LogP contribution >= 0.6 is 11.3 Å². The molecule has 1 aromatic heterocycles. The Morgan fingerprint density at radius 3 is 2.53 bits per heavy atom. The van der Waals surface area contributed by atoms with E-state index < -0.39 is 0 Å². The molecule has 0 fully saturated rings. The van der Waals surface area contributed by atoms with E-state index in [2.05, 4.69) is 31.1 Å². The zero-order chi connectivity index (χ0) is 14.3. The minimum absolute atomic E-state index is 0.116. The van der Waals surface area contributed by atoms with E-state index in [1.165, 1.54) is 9.88 Å². The fourth-order valence-corrected chi connectivity index (χ4v) is 2.70. The van der Waals surface area contributed by atoms with Crippen molar-refractivity contribution in [3.63, 3.8) is 0 Å². The highest BCUT2D eigenvalue weighted by molar-refractivity contribution is 7.11. The van der Waals surface area contributed by atoms with Crippen LogP contribution in [0.5, 0.6) is 0 Å². The third-order valence-electron chi connectivity index (χ3n) is 2.62. The van der Waals surface area contributed by atoms with Gasteiger partial charge in [-0.1, -0.05) is 0 Å². The van der Waals surface area contributed by atoms with Crippen molar-refractivity contribution in [2.45, 2.75) is 52.3 Å². The fraction of sp³-hybridized carbons (Fsp3) is 0.786. The molecule has 1 aromatic rings. The normalized spacial score (nSPS) is 12.1. The zero-order valence-electron chi connectivity index (χ0n) is 12.7. The molecule has 1 N–H and O–H groups in total. The number of nitrogens with one attached hydrogen (secondary N) is 1. The quantitative estimate of drug-likeness (QED) is 0.746. The van der Waals surface area contributed by atoms with Crippen molar-refractivity contribution in [1.82, 2.24) is 10.3 Å². The Morgan fingerprint density at radius 1 is 1.21 bits per heavy atom. The minimum Gasteiger partial charge on any atom is -0.385 e. The van der Waals surface area contributed by atoms with Crippen molar-refractivity contribution < 1.29 is 9.47 Å². The van der Waals surface area contributed by atoms with Crippen LogP contribution in [0.2, 0.25) is 0 Å². The van der Waals surface area contributed by atoms with Gasteiger partial charge in [0.25, 0.3) is 0 Å². The Kier molecular flexibility index (Phi) is 6.93. The van der Waals surface area contributed by atoms with Gasteiger partial charge < -0.3 is 14.8 Å². The molecule has 4 nitrogen and oxygen atoms in total. The first kappa shape index (κ1) is 16.6. The van der Waals surface area contributed by atoms with Gasteiger partial charge in [-0.25, -0.2) is 4.98 Å². The number of nitrogens with zero attached hydrogens (tertiary/aromatic N) is 1. The summed E-state index contributed by atoms with van der Waals surface area (Å²) < 4.78 is 10.3. The Labute approximate surface area is 120 Å². The number of aromatic nitrogens is 1. The summed E-state index contributed by atoms with van der Waals surface area (Å²) in [6.45, 7) is 8.73. The molecule has 0 atom stereocenters. The van der Waals surface area contributed by atoms with Crippen LogP contribution in [-0.4, -0.2) is 31.3 Å². The van der Waals surface area contributed by atoms with Crippen molar-refractivity contribution in [3.8, 4) is 0 Å². The molecule has 0 aromatic carbocycles. The topological polar surface area (TPSA) is 43.4 Å². The van der Waals surface area contributed by atoms with Crippen LogP contribution in [0.3, 0.4) is 0 Å². The molecule has 110 valence electrons. The van der Waals surface area contributed by atoms with Gasteiger partial charge in [-0.15, -0.1) is 11.3 Å². The van der Waals surface area contributed by atoms with Gasteiger partial charge in [0.05, 0.1) is 17.3 Å². The molecule has 0 saturated heterocycles. The largest absolute Gasteiger partial charge is 0.385 e. The van der Waals surface area contributed by atoms with Gasteiger partial charge in [0.2, 0.25) is 0 Å². The summed E-state index contributed by atoms with van der Waals surface area (Å²) in [5.74, 6) is 0. The van der Waals surface area contributed by atoms with Crippen molar-refractivity contribution in [2.24, 2.45) is 0 Å². The molecule has 0 saturated carbocycles. The maximum absolute atomic E-state index is 5.23. The Hall–Kier alpha value is -0.490. The van der Waals surface area contributed by atoms with E-state index in [4.69, 9.17) is 9.47 Å². The predicted molar refractivity (Wildman–Crippen MR) is 79.6 cm³/mol. The van der Waals surface area contributed by atoms with Gasteiger partial charge in [-0.2, -0.15) is 0 Å². The molecule has 5 heteroatoms. The Bertz CT molecular complexity index is 372. The molecule has 0 spiro atoms. The maximum atomic E-state index is 5.23. The van der Waals surface area contributed by atoms with E-state index in [1.807, 2.05) is 0 Å². The molecule has 0 amide bonds. The molecule has 1 heterocycles. The van der Waals surface area contributed by atoms with E-state index in [9.17, 15) is 0 Å². The highest BCUT2D eigenvalue weighted by Gasteiger charge is 2.14. The van der Waals surface area contributed by atoms with E-state index in [1.54, 1.807) is 25.6 Å². The molecule has 0 aliphatic carbocycles. The van der Waals surface area contributed by atoms with Crippen LogP contribution in [0, 0.1) is 0 Å². The summed E-state index contributed by atoms with van der Waals surface area (Å²) in [5, 5.41) is 4.68. The highest BCUT2D eigenvalue weighted by Crippen LogP contribution is 2.21. The third kappa shape index (κ3) is 6.47. The molecular formula is C14H26N2O2S. The third-order valence-corrected chi connectivity index (χ3v) is 3.78. The van der Waals surface area contributed by atoms with Crippen molar-refractivity contribution in [1.29, 1.82) is 0 Å². The summed E-state index contributed by atoms with van der Waals surface area (Å²) >= 11 is 1.78. The number of hydrogen-bond acceptors (Lipinski definition) is 5. The molecule has 1 rings (SSSR count). The van der Waals surface area contributed by atoms with Gasteiger partial charge in [-0.05, 0) is 27.2 Å². The summed E-state index contributed by atoms with van der Waals surface area (Å²) in [5.41, 5.74) is 1.18. The maximum Gasteiger partial charge on any atom is 0.0933 e. The van der Waals surface area contributed by atoms with E-state index >= 15 is 0 Å². The van der Waals surface area contributed by atoms with Crippen molar-refractivity contribution in [2.75, 3.05) is 20.8 Å². The van der Waals surface area contributed by atoms with Gasteiger partial charge >= 0.3 is 0 Å². The predicted octanol–water partition coefficient (Wildman–Crippen LogP) is 2.76. The minimum atomic E-state index is 0.116. The lowest BCUT2D eigenvalue weighted by molar-refractivity contribution is 0.180. The Morgan fingerprint density at radius 2 is 1.95 bits per heavy atom. The first-order valence-corrected chi connectivity index (χ1v) is 7.48. The van der Waals surface area contributed by atoms with Gasteiger partial charge in [0.1, 0.15) is 0 Å². The Balaban J connectivity index is 2.65. The number of rotatable bonds is 8. The lowest BCUT2D eigenvalue weighted by atomic mass is 10.1. The zero-order valence-corrected chi connectivity index (χ0v) is 13.5. The fourth-order valence-electron chi connectivity index (χ4n) is 1.64. The second-order valence-electron chi connectivity index (χ2n) is 5.61. The highest BCUT2D eigenvalue weighted by atomic mass is 32.1. The van der Waals surface area contributed by atoms with Crippen LogP contribution in [0.25, 0.3) is 0 Å². The second-order valence-corrected chi connectivity index (χ2v) is 6.78. The molecule has 0 radical (unpaired) electrons. The van der Waals surface area contributed by atoms with E-state index in [-0.39, 0.29) is 5.54 Å². The van der Waals surface area contributed by atoms with E-state index in [0.29, 0.717) is 6.61 Å². The van der Waals surface area contributed by atoms with Crippen LogP contribution in [0.4, 0.5) is 0 Å². The number of hydrogen-bond donors (Lipinski definition) is 1. The van der Waals surface area contributed by atoms with Crippen molar-refractivity contribution >= 4 is 11.3 Å². The lowest BCUT2D eigenvalue weighted by Gasteiger charge is -2.20. The van der Waals surface area contributed by atoms with Crippen LogP contribution < -0.4 is 5.32 Å². The number of aryl methyl sites for hydroxylation is 1. The molecule has 19 heavy (non-hydrogen) atoms. The molecule has 0 bridgehead atoms. The summed E-state index contributed by atoms with van der Waals surface area (Å²) in [4.78, 5) is 5.95.